The summed E-state index contributed by atoms with van der Waals surface area (Å²) in [6.07, 6.45) is 1.02. The van der Waals surface area contributed by atoms with Gasteiger partial charge in [0.1, 0.15) is 10.8 Å². The Morgan fingerprint density at radius 1 is 1.11 bits per heavy atom. The average molecular weight is 398 g/mol. The van der Waals surface area contributed by atoms with Crippen molar-refractivity contribution in [3.8, 4) is 5.75 Å². The zero-order valence-electron chi connectivity index (χ0n) is 15.9. The van der Waals surface area contributed by atoms with Crippen molar-refractivity contribution in [2.45, 2.75) is 26.4 Å². The molecule has 28 heavy (non-hydrogen) atoms. The predicted molar refractivity (Wildman–Crippen MR) is 108 cm³/mol. The van der Waals surface area contributed by atoms with E-state index in [1.54, 1.807) is 0 Å². The number of hydrogen-bond donors (Lipinski definition) is 0. The molecule has 1 fully saturated rings. The van der Waals surface area contributed by atoms with Gasteiger partial charge in [-0.05, 0) is 24.1 Å². The van der Waals surface area contributed by atoms with Gasteiger partial charge in [-0.3, -0.25) is 14.6 Å². The average Bonchev–Trinajstić information content (AvgIpc) is 3.29. The van der Waals surface area contributed by atoms with E-state index in [4.69, 9.17) is 4.74 Å². The molecule has 7 nitrogen and oxygen atoms in total. The van der Waals surface area contributed by atoms with Crippen molar-refractivity contribution >= 4 is 16.3 Å². The summed E-state index contributed by atoms with van der Waals surface area (Å²) in [5.41, 5.74) is 3.34. The minimum Gasteiger partial charge on any atom is -0.493 e. The van der Waals surface area contributed by atoms with Gasteiger partial charge >= 0.3 is 0 Å². The van der Waals surface area contributed by atoms with Crippen molar-refractivity contribution in [3.63, 3.8) is 0 Å². The van der Waals surface area contributed by atoms with E-state index < -0.39 is 0 Å². The fourth-order valence-electron chi connectivity index (χ4n) is 3.92. The van der Waals surface area contributed by atoms with Gasteiger partial charge in [0.05, 0.1) is 13.2 Å². The van der Waals surface area contributed by atoms with Gasteiger partial charge < -0.3 is 4.74 Å². The molecule has 0 spiro atoms. The molecule has 8 heteroatoms. The number of fused-ring (bicyclic) bond motifs is 2. The van der Waals surface area contributed by atoms with Crippen LogP contribution in [0.1, 0.15) is 21.8 Å². The first kappa shape index (κ1) is 17.8. The van der Waals surface area contributed by atoms with Crippen LogP contribution >= 0.6 is 11.3 Å². The van der Waals surface area contributed by atoms with E-state index in [-0.39, 0.29) is 5.56 Å². The number of rotatable bonds is 4. The second-order valence-corrected chi connectivity index (χ2v) is 8.56. The number of hydrogen-bond acceptors (Lipinski definition) is 7. The summed E-state index contributed by atoms with van der Waals surface area (Å²) in [5.74, 6) is 1.05. The molecule has 0 bridgehead atoms. The van der Waals surface area contributed by atoms with Crippen molar-refractivity contribution in [1.82, 2.24) is 24.4 Å². The van der Waals surface area contributed by atoms with Crippen LogP contribution in [-0.4, -0.2) is 57.2 Å². The fourth-order valence-corrected chi connectivity index (χ4v) is 4.90. The van der Waals surface area contributed by atoms with Crippen LogP contribution in [-0.2, 0) is 19.5 Å². The third kappa shape index (κ3) is 3.55. The smallest absolute Gasteiger partial charge is 0.275 e. The molecular weight excluding hydrogens is 374 g/mol. The van der Waals surface area contributed by atoms with Crippen LogP contribution in [0.5, 0.6) is 5.75 Å². The summed E-state index contributed by atoms with van der Waals surface area (Å²) in [4.78, 5) is 22.0. The van der Waals surface area contributed by atoms with Crippen LogP contribution < -0.4 is 10.3 Å². The molecule has 0 amide bonds. The molecular formula is C20H23N5O2S. The zero-order chi connectivity index (χ0) is 19.1. The maximum absolute atomic E-state index is 12.0. The number of piperazine rings is 1. The molecule has 4 heterocycles. The third-order valence-electron chi connectivity index (χ3n) is 5.40. The van der Waals surface area contributed by atoms with E-state index >= 15 is 0 Å². The third-order valence-corrected chi connectivity index (χ3v) is 6.29. The van der Waals surface area contributed by atoms with Crippen molar-refractivity contribution in [1.29, 1.82) is 0 Å². The molecule has 0 atom stereocenters. The largest absolute Gasteiger partial charge is 0.493 e. The number of benzene rings is 1. The van der Waals surface area contributed by atoms with E-state index in [9.17, 15) is 4.79 Å². The Labute approximate surface area is 167 Å². The molecule has 2 aliphatic rings. The first-order chi connectivity index (χ1) is 13.6. The molecule has 2 aliphatic heterocycles. The van der Waals surface area contributed by atoms with E-state index in [1.165, 1.54) is 33.0 Å². The second-order valence-electron chi connectivity index (χ2n) is 7.52. The molecule has 0 radical (unpaired) electrons. The summed E-state index contributed by atoms with van der Waals surface area (Å²) in [6, 6.07) is 8.12. The monoisotopic (exact) mass is 397 g/mol. The van der Waals surface area contributed by atoms with Crippen LogP contribution in [0.4, 0.5) is 0 Å². The summed E-state index contributed by atoms with van der Waals surface area (Å²) >= 11 is 1.51. The van der Waals surface area contributed by atoms with Gasteiger partial charge in [-0.1, -0.05) is 23.5 Å². The number of ether oxygens (including phenoxy) is 1. The fraction of sp³-hybridized carbons (Fsp3) is 0.450. The second kappa shape index (κ2) is 7.27. The molecule has 0 aliphatic carbocycles. The summed E-state index contributed by atoms with van der Waals surface area (Å²) < 4.78 is 7.02. The summed E-state index contributed by atoms with van der Waals surface area (Å²) in [5, 5.41) is 5.41. The molecule has 5 rings (SSSR count). The van der Waals surface area contributed by atoms with E-state index in [2.05, 4.69) is 38.1 Å². The standard InChI is InChI=1S/C20H23N5O2S/c1-14-10-19(26)25-20(21-14)28-18(22-25)13-24-7-5-23(6-8-24)12-15-2-3-17-16(11-15)4-9-27-17/h2-3,10-11H,4-9,12-13H2,1H3. The molecule has 3 aromatic rings. The quantitative estimate of drug-likeness (QED) is 0.668. The van der Waals surface area contributed by atoms with Gasteiger partial charge in [0.15, 0.2) is 0 Å². The lowest BCUT2D eigenvalue weighted by Gasteiger charge is -2.34. The maximum Gasteiger partial charge on any atom is 0.275 e. The lowest BCUT2D eigenvalue weighted by molar-refractivity contribution is 0.121. The van der Waals surface area contributed by atoms with Gasteiger partial charge in [0, 0.05) is 50.9 Å². The minimum absolute atomic E-state index is 0.102. The van der Waals surface area contributed by atoms with Crippen molar-refractivity contribution < 1.29 is 4.74 Å². The zero-order valence-corrected chi connectivity index (χ0v) is 16.7. The van der Waals surface area contributed by atoms with Gasteiger partial charge in [0.2, 0.25) is 4.96 Å². The van der Waals surface area contributed by atoms with Crippen LogP contribution in [0.3, 0.4) is 0 Å². The number of aromatic nitrogens is 3. The molecule has 2 aromatic heterocycles. The minimum atomic E-state index is -0.102. The highest BCUT2D eigenvalue weighted by Gasteiger charge is 2.20. The molecule has 1 saturated heterocycles. The van der Waals surface area contributed by atoms with Gasteiger partial charge in [-0.15, -0.1) is 0 Å². The Kier molecular flexibility index (Phi) is 4.62. The van der Waals surface area contributed by atoms with Gasteiger partial charge in [-0.25, -0.2) is 4.98 Å². The molecule has 0 saturated carbocycles. The van der Waals surface area contributed by atoms with Gasteiger partial charge in [-0.2, -0.15) is 9.61 Å². The van der Waals surface area contributed by atoms with E-state index in [1.807, 2.05) is 6.92 Å². The lowest BCUT2D eigenvalue weighted by atomic mass is 10.1. The van der Waals surface area contributed by atoms with Crippen molar-refractivity contribution in [3.05, 3.63) is 56.4 Å². The Balaban J connectivity index is 1.19. The highest BCUT2D eigenvalue weighted by molar-refractivity contribution is 7.16. The molecule has 0 unspecified atom stereocenters. The van der Waals surface area contributed by atoms with E-state index in [0.717, 1.165) is 68.7 Å². The summed E-state index contributed by atoms with van der Waals surface area (Å²) in [7, 11) is 0. The Bertz CT molecular complexity index is 1070. The van der Waals surface area contributed by atoms with Crippen LogP contribution in [0.25, 0.3) is 4.96 Å². The highest BCUT2D eigenvalue weighted by Crippen LogP contribution is 2.26. The molecule has 146 valence electrons. The first-order valence-corrected chi connectivity index (χ1v) is 10.5. The van der Waals surface area contributed by atoms with Crippen LogP contribution in [0.15, 0.2) is 29.1 Å². The van der Waals surface area contributed by atoms with Crippen molar-refractivity contribution in [2.24, 2.45) is 0 Å². The van der Waals surface area contributed by atoms with Gasteiger partial charge in [0.25, 0.3) is 5.56 Å². The lowest BCUT2D eigenvalue weighted by Crippen LogP contribution is -2.45. The van der Waals surface area contributed by atoms with E-state index in [0.29, 0.717) is 4.96 Å². The Morgan fingerprint density at radius 2 is 1.89 bits per heavy atom. The predicted octanol–water partition coefficient (Wildman–Crippen LogP) is 1.71. The number of nitrogens with zero attached hydrogens (tertiary/aromatic N) is 5. The Hall–Kier alpha value is -2.29. The topological polar surface area (TPSA) is 63.0 Å². The maximum atomic E-state index is 12.0. The SMILES string of the molecule is Cc1cc(=O)n2nc(CN3CCN(Cc4ccc5c(c4)CCO5)CC3)sc2n1. The molecule has 1 aromatic carbocycles. The summed E-state index contributed by atoms with van der Waals surface area (Å²) in [6.45, 7) is 8.50. The molecule has 0 N–H and O–H groups in total. The van der Waals surface area contributed by atoms with Crippen LogP contribution in [0, 0.1) is 6.92 Å². The van der Waals surface area contributed by atoms with Crippen LogP contribution in [0.2, 0.25) is 0 Å². The normalized spacial score (nSPS) is 17.8. The Morgan fingerprint density at radius 3 is 2.71 bits per heavy atom. The first-order valence-electron chi connectivity index (χ1n) is 9.70. The van der Waals surface area contributed by atoms with Crippen molar-refractivity contribution in [2.75, 3.05) is 32.8 Å². The number of aryl methyl sites for hydroxylation is 1. The highest BCUT2D eigenvalue weighted by atomic mass is 32.1.